The van der Waals surface area contributed by atoms with E-state index in [2.05, 4.69) is 24.1 Å². The number of piperazine rings is 1. The summed E-state index contributed by atoms with van der Waals surface area (Å²) in [7, 11) is 0. The molecule has 1 aromatic carbocycles. The lowest BCUT2D eigenvalue weighted by atomic mass is 10.2. The smallest absolute Gasteiger partial charge is 0.275 e. The van der Waals surface area contributed by atoms with Crippen molar-refractivity contribution in [3.8, 4) is 0 Å². The highest BCUT2D eigenvalue weighted by molar-refractivity contribution is 5.77. The van der Waals surface area contributed by atoms with Crippen molar-refractivity contribution in [3.05, 3.63) is 34.4 Å². The second kappa shape index (κ2) is 8.63. The average molecular weight is 335 g/mol. The highest BCUT2D eigenvalue weighted by atomic mass is 16.6. The molecule has 0 bridgehead atoms. The van der Waals surface area contributed by atoms with Crippen molar-refractivity contribution in [3.63, 3.8) is 0 Å². The van der Waals surface area contributed by atoms with Gasteiger partial charge in [0, 0.05) is 23.9 Å². The Morgan fingerprint density at radius 3 is 2.33 bits per heavy atom. The van der Waals surface area contributed by atoms with Crippen LogP contribution in [0.3, 0.4) is 0 Å². The Hall–Kier alpha value is -2.15. The summed E-state index contributed by atoms with van der Waals surface area (Å²) in [5, 5.41) is 13.8. The summed E-state index contributed by atoms with van der Waals surface area (Å²) >= 11 is 0. The Balaban J connectivity index is 1.80. The number of non-ortho nitro benzene ring substituents is 1. The molecule has 1 aliphatic heterocycles. The molecule has 0 atom stereocenters. The molecule has 132 valence electrons. The maximum atomic E-state index is 12.1. The predicted octanol–water partition coefficient (Wildman–Crippen LogP) is 0.605. The molecule has 2 N–H and O–H groups in total. The predicted molar refractivity (Wildman–Crippen MR) is 93.4 cm³/mol. The van der Waals surface area contributed by atoms with E-state index in [1.807, 2.05) is 0 Å². The van der Waals surface area contributed by atoms with E-state index in [9.17, 15) is 14.9 Å². The Morgan fingerprint density at radius 2 is 1.83 bits per heavy atom. The number of amides is 1. The molecular weight excluding hydrogens is 308 g/mol. The van der Waals surface area contributed by atoms with Gasteiger partial charge in [-0.15, -0.1) is 0 Å². The minimum absolute atomic E-state index is 0.112. The van der Waals surface area contributed by atoms with Gasteiger partial charge < -0.3 is 15.1 Å². The molecule has 1 fully saturated rings. The van der Waals surface area contributed by atoms with E-state index in [1.165, 1.54) is 17.0 Å². The molecule has 1 aromatic rings. The van der Waals surface area contributed by atoms with Gasteiger partial charge in [0.25, 0.3) is 11.6 Å². The maximum absolute atomic E-state index is 12.1. The van der Waals surface area contributed by atoms with E-state index < -0.39 is 0 Å². The number of hydrogen-bond donors (Lipinski definition) is 2. The second-order valence-electron chi connectivity index (χ2n) is 6.27. The fourth-order valence-electron chi connectivity index (χ4n) is 3.04. The van der Waals surface area contributed by atoms with Gasteiger partial charge in [-0.2, -0.15) is 0 Å². The second-order valence-corrected chi connectivity index (χ2v) is 6.27. The number of nitrogens with one attached hydrogen (secondary N) is 2. The van der Waals surface area contributed by atoms with Crippen LogP contribution in [0.25, 0.3) is 0 Å². The van der Waals surface area contributed by atoms with Crippen LogP contribution in [0.15, 0.2) is 24.3 Å². The van der Waals surface area contributed by atoms with Crippen molar-refractivity contribution in [1.82, 2.24) is 5.32 Å². The minimum atomic E-state index is -0.385. The fourth-order valence-corrected chi connectivity index (χ4v) is 3.04. The van der Waals surface area contributed by atoms with Crippen LogP contribution in [0.4, 0.5) is 11.4 Å². The van der Waals surface area contributed by atoms with Gasteiger partial charge in [-0.1, -0.05) is 13.8 Å². The number of nitro benzene ring substituents is 1. The standard InChI is InChI=1S/C17H26N4O3/c1-3-14(4-2)18-17(22)13-19-9-11-20(12-10-19)15-5-7-16(8-6-15)21(23)24/h5-8,14H,3-4,9-13H2,1-2H3,(H,18,22)/p+1. The average Bonchev–Trinajstić information content (AvgIpc) is 2.60. The molecule has 7 heteroatoms. The van der Waals surface area contributed by atoms with Gasteiger partial charge in [-0.3, -0.25) is 14.9 Å². The van der Waals surface area contributed by atoms with Gasteiger partial charge in [0.05, 0.1) is 31.1 Å². The van der Waals surface area contributed by atoms with Gasteiger partial charge in [0.2, 0.25) is 0 Å². The maximum Gasteiger partial charge on any atom is 0.275 e. The van der Waals surface area contributed by atoms with E-state index >= 15 is 0 Å². The van der Waals surface area contributed by atoms with Gasteiger partial charge in [0.1, 0.15) is 0 Å². The molecule has 1 saturated heterocycles. The number of carbonyl (C=O) groups is 1. The largest absolute Gasteiger partial charge is 0.360 e. The van der Waals surface area contributed by atoms with Crippen molar-refractivity contribution < 1.29 is 14.6 Å². The molecule has 1 aliphatic rings. The monoisotopic (exact) mass is 335 g/mol. The van der Waals surface area contributed by atoms with Crippen LogP contribution in [0, 0.1) is 10.1 Å². The summed E-state index contributed by atoms with van der Waals surface area (Å²) in [6.45, 7) is 8.19. The van der Waals surface area contributed by atoms with Crippen LogP contribution in [-0.2, 0) is 4.79 Å². The summed E-state index contributed by atoms with van der Waals surface area (Å²) in [5.74, 6) is 0.127. The Labute approximate surface area is 142 Å². The molecular formula is C17H27N4O3+. The first-order chi connectivity index (χ1) is 11.5. The third-order valence-electron chi connectivity index (χ3n) is 4.66. The highest BCUT2D eigenvalue weighted by Crippen LogP contribution is 2.19. The molecule has 24 heavy (non-hydrogen) atoms. The van der Waals surface area contributed by atoms with Crippen molar-refractivity contribution in [2.24, 2.45) is 0 Å². The lowest BCUT2D eigenvalue weighted by Gasteiger charge is -2.33. The third-order valence-corrected chi connectivity index (χ3v) is 4.66. The normalized spacial score (nSPS) is 15.5. The number of quaternary nitrogens is 1. The van der Waals surface area contributed by atoms with Crippen molar-refractivity contribution in [1.29, 1.82) is 0 Å². The summed E-state index contributed by atoms with van der Waals surface area (Å²) < 4.78 is 0. The molecule has 0 spiro atoms. The van der Waals surface area contributed by atoms with Gasteiger partial charge >= 0.3 is 0 Å². The SMILES string of the molecule is CCC(CC)NC(=O)C[NH+]1CCN(c2ccc([N+](=O)[O-])cc2)CC1. The number of nitrogens with zero attached hydrogens (tertiary/aromatic N) is 2. The summed E-state index contributed by atoms with van der Waals surface area (Å²) in [6, 6.07) is 6.94. The Morgan fingerprint density at radius 1 is 1.25 bits per heavy atom. The molecule has 0 aliphatic carbocycles. The third kappa shape index (κ3) is 4.92. The molecule has 0 radical (unpaired) electrons. The van der Waals surface area contributed by atoms with E-state index in [0.717, 1.165) is 44.7 Å². The number of benzene rings is 1. The molecule has 1 heterocycles. The molecule has 0 aromatic heterocycles. The lowest BCUT2D eigenvalue weighted by Crippen LogP contribution is -3.16. The number of anilines is 1. The lowest BCUT2D eigenvalue weighted by molar-refractivity contribution is -0.892. The fraction of sp³-hybridized carbons (Fsp3) is 0.588. The summed E-state index contributed by atoms with van der Waals surface area (Å²) in [6.07, 6.45) is 1.93. The van der Waals surface area contributed by atoms with Crippen LogP contribution in [0.2, 0.25) is 0 Å². The van der Waals surface area contributed by atoms with Gasteiger partial charge in [0.15, 0.2) is 6.54 Å². The number of rotatable bonds is 7. The molecule has 2 rings (SSSR count). The van der Waals surface area contributed by atoms with E-state index in [4.69, 9.17) is 0 Å². The Kier molecular flexibility index (Phi) is 6.54. The van der Waals surface area contributed by atoms with Crippen LogP contribution in [0.1, 0.15) is 26.7 Å². The Bertz CT molecular complexity index is 549. The minimum Gasteiger partial charge on any atom is -0.360 e. The topological polar surface area (TPSA) is 79.9 Å². The van der Waals surface area contributed by atoms with E-state index in [-0.39, 0.29) is 22.6 Å². The zero-order valence-corrected chi connectivity index (χ0v) is 14.5. The zero-order chi connectivity index (χ0) is 17.5. The van der Waals surface area contributed by atoms with Crippen molar-refractivity contribution in [2.45, 2.75) is 32.7 Å². The van der Waals surface area contributed by atoms with Crippen molar-refractivity contribution in [2.75, 3.05) is 37.6 Å². The highest BCUT2D eigenvalue weighted by Gasteiger charge is 2.23. The number of hydrogen-bond acceptors (Lipinski definition) is 4. The first-order valence-electron chi connectivity index (χ1n) is 8.65. The van der Waals surface area contributed by atoms with Crippen LogP contribution >= 0.6 is 0 Å². The van der Waals surface area contributed by atoms with Crippen LogP contribution < -0.4 is 15.1 Å². The van der Waals surface area contributed by atoms with Gasteiger partial charge in [-0.05, 0) is 25.0 Å². The van der Waals surface area contributed by atoms with Gasteiger partial charge in [-0.25, -0.2) is 0 Å². The summed E-state index contributed by atoms with van der Waals surface area (Å²) in [4.78, 5) is 25.9. The number of carbonyl (C=O) groups excluding carboxylic acids is 1. The molecule has 0 unspecified atom stereocenters. The molecule has 1 amide bonds. The number of nitro groups is 1. The first kappa shape index (κ1) is 18.2. The first-order valence-corrected chi connectivity index (χ1v) is 8.65. The van der Waals surface area contributed by atoms with Crippen LogP contribution in [0.5, 0.6) is 0 Å². The molecule has 0 saturated carbocycles. The summed E-state index contributed by atoms with van der Waals surface area (Å²) in [5.41, 5.74) is 1.11. The van der Waals surface area contributed by atoms with Crippen LogP contribution in [-0.4, -0.2) is 49.6 Å². The molecule has 7 nitrogen and oxygen atoms in total. The van der Waals surface area contributed by atoms with E-state index in [1.54, 1.807) is 12.1 Å². The van der Waals surface area contributed by atoms with Crippen molar-refractivity contribution >= 4 is 17.3 Å². The quantitative estimate of drug-likeness (QED) is 0.565. The van der Waals surface area contributed by atoms with E-state index in [0.29, 0.717) is 6.54 Å². The zero-order valence-electron chi connectivity index (χ0n) is 14.5.